The molecule has 0 radical (unpaired) electrons. The summed E-state index contributed by atoms with van der Waals surface area (Å²) in [6.45, 7) is 0. The molecule has 3 nitrogen and oxygen atoms in total. The normalized spacial score (nSPS) is 10.4. The summed E-state index contributed by atoms with van der Waals surface area (Å²) >= 11 is 5.77. The predicted octanol–water partition coefficient (Wildman–Crippen LogP) is 2.07. The lowest BCUT2D eigenvalue weighted by Gasteiger charge is -1.92. The van der Waals surface area contributed by atoms with Crippen molar-refractivity contribution < 1.29 is 0 Å². The summed E-state index contributed by atoms with van der Waals surface area (Å²) in [6, 6.07) is 1.86. The summed E-state index contributed by atoms with van der Waals surface area (Å²) in [7, 11) is 0. The van der Waals surface area contributed by atoms with Crippen molar-refractivity contribution in [1.29, 1.82) is 0 Å². The quantitative estimate of drug-likeness (QED) is 0.810. The number of thiazole rings is 1. The molecule has 0 saturated carbocycles. The van der Waals surface area contributed by atoms with Gasteiger partial charge in [-0.05, 0) is 18.2 Å². The average Bonchev–Trinajstić information content (AvgIpc) is 2.68. The van der Waals surface area contributed by atoms with Crippen LogP contribution in [-0.4, -0.2) is 20.7 Å². The lowest BCUT2D eigenvalue weighted by molar-refractivity contribution is 1.07. The van der Waals surface area contributed by atoms with Crippen LogP contribution in [0.5, 0.6) is 0 Å². The molecular formula is C9H9N3S2. The molecule has 0 fully saturated rings. The fourth-order valence-electron chi connectivity index (χ4n) is 1.07. The first-order chi connectivity index (χ1) is 6.90. The molecule has 0 atom stereocenters. The van der Waals surface area contributed by atoms with Crippen LogP contribution in [0.4, 0.5) is 0 Å². The minimum absolute atomic E-state index is 0.826. The number of nitrogens with zero attached hydrogens (tertiary/aromatic N) is 3. The lowest BCUT2D eigenvalue weighted by atomic mass is 10.4. The maximum Gasteiger partial charge on any atom is 0.142 e. The zero-order valence-corrected chi connectivity index (χ0v) is 9.13. The molecule has 0 saturated heterocycles. The van der Waals surface area contributed by atoms with Crippen molar-refractivity contribution in [3.8, 4) is 10.7 Å². The molecule has 5 heteroatoms. The van der Waals surface area contributed by atoms with E-state index in [2.05, 4.69) is 27.6 Å². The first kappa shape index (κ1) is 9.61. The first-order valence-corrected chi connectivity index (χ1v) is 5.73. The van der Waals surface area contributed by atoms with Crippen LogP contribution in [0.25, 0.3) is 10.7 Å². The van der Waals surface area contributed by atoms with E-state index in [9.17, 15) is 0 Å². The smallest absolute Gasteiger partial charge is 0.142 e. The van der Waals surface area contributed by atoms with Crippen molar-refractivity contribution in [3.05, 3.63) is 29.7 Å². The van der Waals surface area contributed by atoms with Gasteiger partial charge in [0.15, 0.2) is 0 Å². The van der Waals surface area contributed by atoms with Gasteiger partial charge >= 0.3 is 0 Å². The molecule has 2 aromatic rings. The highest BCUT2D eigenvalue weighted by molar-refractivity contribution is 7.80. The van der Waals surface area contributed by atoms with Crippen LogP contribution in [-0.2, 0) is 6.42 Å². The molecule has 0 aliphatic carbocycles. The molecule has 0 N–H and O–H groups in total. The fraction of sp³-hybridized carbons (Fsp3) is 0.222. The van der Waals surface area contributed by atoms with Gasteiger partial charge in [-0.25, -0.2) is 15.0 Å². The Morgan fingerprint density at radius 2 is 2.36 bits per heavy atom. The molecule has 2 heterocycles. The van der Waals surface area contributed by atoms with Gasteiger partial charge < -0.3 is 0 Å². The molecule has 14 heavy (non-hydrogen) atoms. The van der Waals surface area contributed by atoms with E-state index in [1.807, 2.05) is 11.4 Å². The van der Waals surface area contributed by atoms with Crippen LogP contribution in [0.1, 0.15) is 5.69 Å². The number of hydrogen-bond donors (Lipinski definition) is 1. The van der Waals surface area contributed by atoms with Crippen molar-refractivity contribution in [1.82, 2.24) is 15.0 Å². The standard InChI is InChI=1S/C9H9N3S2/c13-4-2-7-5-14-9(12-7)8-1-3-10-6-11-8/h1,3,5-6,13H,2,4H2. The average molecular weight is 223 g/mol. The molecule has 0 aliphatic rings. The Bertz CT molecular complexity index is 399. The monoisotopic (exact) mass is 223 g/mol. The van der Waals surface area contributed by atoms with Crippen LogP contribution in [0.15, 0.2) is 24.0 Å². The summed E-state index contributed by atoms with van der Waals surface area (Å²) in [5.74, 6) is 0.826. The molecule has 72 valence electrons. The third-order valence-electron chi connectivity index (χ3n) is 1.72. The van der Waals surface area contributed by atoms with Crippen molar-refractivity contribution in [2.24, 2.45) is 0 Å². The van der Waals surface area contributed by atoms with E-state index in [-0.39, 0.29) is 0 Å². The molecule has 2 aromatic heterocycles. The number of aryl methyl sites for hydroxylation is 1. The van der Waals surface area contributed by atoms with Gasteiger partial charge in [0.2, 0.25) is 0 Å². The van der Waals surface area contributed by atoms with Crippen LogP contribution in [0, 0.1) is 0 Å². The SMILES string of the molecule is SCCc1csc(-c2ccncn2)n1. The van der Waals surface area contributed by atoms with Crippen molar-refractivity contribution in [2.75, 3.05) is 5.75 Å². The lowest BCUT2D eigenvalue weighted by Crippen LogP contribution is -1.87. The summed E-state index contributed by atoms with van der Waals surface area (Å²) in [5.41, 5.74) is 1.97. The van der Waals surface area contributed by atoms with Crippen LogP contribution in [0.2, 0.25) is 0 Å². The molecule has 0 aromatic carbocycles. The maximum atomic E-state index is 4.45. The van der Waals surface area contributed by atoms with Crippen molar-refractivity contribution in [2.45, 2.75) is 6.42 Å². The number of aromatic nitrogens is 3. The molecule has 0 amide bonds. The maximum absolute atomic E-state index is 4.45. The summed E-state index contributed by atoms with van der Waals surface area (Å²) < 4.78 is 0. The Morgan fingerprint density at radius 1 is 1.43 bits per heavy atom. The number of rotatable bonds is 3. The van der Waals surface area contributed by atoms with E-state index in [4.69, 9.17) is 0 Å². The Balaban J connectivity index is 2.25. The topological polar surface area (TPSA) is 38.7 Å². The predicted molar refractivity (Wildman–Crippen MR) is 60.7 cm³/mol. The van der Waals surface area contributed by atoms with Gasteiger partial charge in [0, 0.05) is 11.6 Å². The first-order valence-electron chi connectivity index (χ1n) is 4.22. The van der Waals surface area contributed by atoms with Crippen LogP contribution >= 0.6 is 24.0 Å². The Labute approximate surface area is 91.7 Å². The third kappa shape index (κ3) is 2.10. The highest BCUT2D eigenvalue weighted by atomic mass is 32.1. The minimum atomic E-state index is 0.826. The van der Waals surface area contributed by atoms with Crippen LogP contribution in [0.3, 0.4) is 0 Å². The van der Waals surface area contributed by atoms with E-state index in [1.165, 1.54) is 6.33 Å². The summed E-state index contributed by atoms with van der Waals surface area (Å²) in [4.78, 5) is 12.5. The van der Waals surface area contributed by atoms with Gasteiger partial charge in [0.25, 0.3) is 0 Å². The Kier molecular flexibility index (Phi) is 3.10. The van der Waals surface area contributed by atoms with Gasteiger partial charge in [0.1, 0.15) is 17.0 Å². The second-order valence-electron chi connectivity index (χ2n) is 2.71. The summed E-state index contributed by atoms with van der Waals surface area (Å²) in [5, 5.41) is 3.00. The second kappa shape index (κ2) is 4.52. The fourth-order valence-corrected chi connectivity index (χ4v) is 2.13. The molecule has 0 unspecified atom stereocenters. The van der Waals surface area contributed by atoms with Gasteiger partial charge in [-0.1, -0.05) is 0 Å². The molecule has 0 bridgehead atoms. The van der Waals surface area contributed by atoms with E-state index >= 15 is 0 Å². The summed E-state index contributed by atoms with van der Waals surface area (Å²) in [6.07, 6.45) is 4.17. The number of thiol groups is 1. The van der Waals surface area contributed by atoms with E-state index < -0.39 is 0 Å². The van der Waals surface area contributed by atoms with E-state index in [0.717, 1.165) is 28.6 Å². The Morgan fingerprint density at radius 3 is 3.07 bits per heavy atom. The largest absolute Gasteiger partial charge is 0.245 e. The highest BCUT2D eigenvalue weighted by Gasteiger charge is 2.04. The highest BCUT2D eigenvalue weighted by Crippen LogP contribution is 2.21. The molecule has 0 aliphatic heterocycles. The number of hydrogen-bond acceptors (Lipinski definition) is 5. The zero-order chi connectivity index (χ0) is 9.80. The van der Waals surface area contributed by atoms with E-state index in [0.29, 0.717) is 0 Å². The molecule has 2 rings (SSSR count). The van der Waals surface area contributed by atoms with Gasteiger partial charge in [-0.2, -0.15) is 12.6 Å². The molecular weight excluding hydrogens is 214 g/mol. The molecule has 0 spiro atoms. The van der Waals surface area contributed by atoms with Crippen molar-refractivity contribution in [3.63, 3.8) is 0 Å². The van der Waals surface area contributed by atoms with E-state index in [1.54, 1.807) is 17.5 Å². The zero-order valence-electron chi connectivity index (χ0n) is 7.42. The van der Waals surface area contributed by atoms with Crippen LogP contribution < -0.4 is 0 Å². The van der Waals surface area contributed by atoms with Gasteiger partial charge in [-0.15, -0.1) is 11.3 Å². The Hall–Kier alpha value is -0.940. The van der Waals surface area contributed by atoms with Gasteiger partial charge in [0.05, 0.1) is 5.69 Å². The van der Waals surface area contributed by atoms with Crippen molar-refractivity contribution >= 4 is 24.0 Å². The third-order valence-corrected chi connectivity index (χ3v) is 2.86. The second-order valence-corrected chi connectivity index (χ2v) is 4.02. The minimum Gasteiger partial charge on any atom is -0.245 e. The van der Waals surface area contributed by atoms with Gasteiger partial charge in [-0.3, -0.25) is 0 Å².